The molecule has 0 radical (unpaired) electrons. The number of hydrogen-bond acceptors (Lipinski definition) is 6. The van der Waals surface area contributed by atoms with Crippen molar-refractivity contribution in [1.82, 2.24) is 20.0 Å². The summed E-state index contributed by atoms with van der Waals surface area (Å²) in [6.45, 7) is 5.58. The molecule has 4 rings (SSSR count). The number of aromatic nitrogens is 2. The summed E-state index contributed by atoms with van der Waals surface area (Å²) in [7, 11) is 1.65. The Morgan fingerprint density at radius 2 is 1.65 bits per heavy atom. The van der Waals surface area contributed by atoms with Crippen LogP contribution < -0.4 is 9.64 Å². The average molecular weight is 424 g/mol. The summed E-state index contributed by atoms with van der Waals surface area (Å²) >= 11 is 0. The second-order valence-corrected chi connectivity index (χ2v) is 8.12. The van der Waals surface area contributed by atoms with Crippen LogP contribution in [0.5, 0.6) is 5.75 Å². The molecule has 164 valence electrons. The summed E-state index contributed by atoms with van der Waals surface area (Å²) in [6, 6.07) is 11.7. The molecule has 3 heterocycles. The summed E-state index contributed by atoms with van der Waals surface area (Å²) in [5.74, 6) is 1.83. The Morgan fingerprint density at radius 1 is 0.935 bits per heavy atom. The lowest BCUT2D eigenvalue weighted by Gasteiger charge is -2.39. The fraction of sp³-hybridized carbons (Fsp3) is 0.478. The number of carbonyl (C=O) groups excluding carboxylic acids is 2. The van der Waals surface area contributed by atoms with Gasteiger partial charge >= 0.3 is 0 Å². The molecule has 1 unspecified atom stereocenters. The standard InChI is InChI=1S/C23H29N5O3/c1-17(29)26-12-14-27(15-13-26)23(30)19-4-3-11-28(16-19)22-10-9-21(24-25-22)18-5-7-20(31-2)8-6-18/h5-10,19H,3-4,11-16H2,1-2H3. The van der Waals surface area contributed by atoms with Crippen molar-refractivity contribution in [3.8, 4) is 17.0 Å². The van der Waals surface area contributed by atoms with Crippen molar-refractivity contribution in [3.63, 3.8) is 0 Å². The van der Waals surface area contributed by atoms with Crippen LogP contribution in [0.15, 0.2) is 36.4 Å². The quantitative estimate of drug-likeness (QED) is 0.749. The molecule has 0 aliphatic carbocycles. The van der Waals surface area contributed by atoms with Crippen LogP contribution in [0.1, 0.15) is 19.8 Å². The van der Waals surface area contributed by atoms with Crippen LogP contribution in [0.2, 0.25) is 0 Å². The van der Waals surface area contributed by atoms with Crippen molar-refractivity contribution < 1.29 is 14.3 Å². The second-order valence-electron chi connectivity index (χ2n) is 8.12. The normalized spacial score (nSPS) is 19.3. The molecule has 0 saturated carbocycles. The zero-order chi connectivity index (χ0) is 21.8. The predicted octanol–water partition coefficient (Wildman–Crippen LogP) is 2.06. The molecule has 31 heavy (non-hydrogen) atoms. The van der Waals surface area contributed by atoms with Gasteiger partial charge in [-0.3, -0.25) is 9.59 Å². The Morgan fingerprint density at radius 3 is 2.26 bits per heavy atom. The van der Waals surface area contributed by atoms with Crippen LogP contribution in [-0.4, -0.2) is 78.2 Å². The van der Waals surface area contributed by atoms with Crippen LogP contribution in [0.3, 0.4) is 0 Å². The van der Waals surface area contributed by atoms with E-state index in [2.05, 4.69) is 15.1 Å². The number of carbonyl (C=O) groups is 2. The Balaban J connectivity index is 1.38. The molecule has 8 nitrogen and oxygen atoms in total. The third-order valence-corrected chi connectivity index (χ3v) is 6.17. The summed E-state index contributed by atoms with van der Waals surface area (Å²) in [6.07, 6.45) is 1.84. The summed E-state index contributed by atoms with van der Waals surface area (Å²) in [5.41, 5.74) is 1.79. The fourth-order valence-electron chi connectivity index (χ4n) is 4.30. The number of benzene rings is 1. The number of ether oxygens (including phenoxy) is 1. The van der Waals surface area contributed by atoms with Crippen molar-refractivity contribution in [1.29, 1.82) is 0 Å². The van der Waals surface area contributed by atoms with E-state index >= 15 is 0 Å². The summed E-state index contributed by atoms with van der Waals surface area (Å²) in [5, 5.41) is 8.83. The van der Waals surface area contributed by atoms with Gasteiger partial charge in [-0.15, -0.1) is 10.2 Å². The summed E-state index contributed by atoms with van der Waals surface area (Å²) < 4.78 is 5.20. The minimum absolute atomic E-state index is 0.0410. The molecule has 2 fully saturated rings. The number of piperidine rings is 1. The molecular formula is C23H29N5O3. The van der Waals surface area contributed by atoms with E-state index in [0.29, 0.717) is 32.7 Å². The maximum absolute atomic E-state index is 13.0. The highest BCUT2D eigenvalue weighted by Crippen LogP contribution is 2.25. The smallest absolute Gasteiger partial charge is 0.227 e. The van der Waals surface area contributed by atoms with Gasteiger partial charge in [-0.25, -0.2) is 0 Å². The average Bonchev–Trinajstić information content (AvgIpc) is 2.84. The van der Waals surface area contributed by atoms with Crippen molar-refractivity contribution in [2.24, 2.45) is 5.92 Å². The van der Waals surface area contributed by atoms with Crippen molar-refractivity contribution in [3.05, 3.63) is 36.4 Å². The molecule has 2 aromatic rings. The van der Waals surface area contributed by atoms with E-state index in [9.17, 15) is 9.59 Å². The number of amides is 2. The minimum atomic E-state index is -0.0410. The number of methoxy groups -OCH3 is 1. The van der Waals surface area contributed by atoms with Crippen molar-refractivity contribution >= 4 is 17.6 Å². The van der Waals surface area contributed by atoms with E-state index in [1.54, 1.807) is 18.9 Å². The van der Waals surface area contributed by atoms with Gasteiger partial charge in [0, 0.05) is 51.8 Å². The number of rotatable bonds is 4. The van der Waals surface area contributed by atoms with E-state index in [4.69, 9.17) is 4.74 Å². The highest BCUT2D eigenvalue weighted by atomic mass is 16.5. The first-order valence-electron chi connectivity index (χ1n) is 10.8. The van der Waals surface area contributed by atoms with Crippen molar-refractivity contribution in [2.45, 2.75) is 19.8 Å². The topological polar surface area (TPSA) is 78.9 Å². The number of hydrogen-bond donors (Lipinski definition) is 0. The second kappa shape index (κ2) is 9.32. The highest BCUT2D eigenvalue weighted by molar-refractivity contribution is 5.80. The van der Waals surface area contributed by atoms with Gasteiger partial charge in [0.05, 0.1) is 18.7 Å². The van der Waals surface area contributed by atoms with Gasteiger partial charge in [-0.2, -0.15) is 0 Å². The largest absolute Gasteiger partial charge is 0.497 e. The van der Waals surface area contributed by atoms with E-state index in [1.165, 1.54) is 0 Å². The highest BCUT2D eigenvalue weighted by Gasteiger charge is 2.32. The fourth-order valence-corrected chi connectivity index (χ4v) is 4.30. The third-order valence-electron chi connectivity index (χ3n) is 6.17. The van der Waals surface area contributed by atoms with Gasteiger partial charge in [0.15, 0.2) is 5.82 Å². The zero-order valence-corrected chi connectivity index (χ0v) is 18.2. The molecule has 1 aromatic heterocycles. The SMILES string of the molecule is COc1ccc(-c2ccc(N3CCCC(C(=O)N4CCN(C(C)=O)CC4)C3)nn2)cc1. The summed E-state index contributed by atoms with van der Waals surface area (Å²) in [4.78, 5) is 30.4. The Kier molecular flexibility index (Phi) is 6.34. The predicted molar refractivity (Wildman–Crippen MR) is 118 cm³/mol. The number of nitrogens with zero attached hydrogens (tertiary/aromatic N) is 5. The van der Waals surface area contributed by atoms with E-state index in [0.717, 1.165) is 42.2 Å². The number of piperazine rings is 1. The van der Waals surface area contributed by atoms with Crippen LogP contribution in [0.4, 0.5) is 5.82 Å². The Bertz CT molecular complexity index is 908. The Labute approximate surface area is 182 Å². The zero-order valence-electron chi connectivity index (χ0n) is 18.2. The molecular weight excluding hydrogens is 394 g/mol. The van der Waals surface area contributed by atoms with Crippen LogP contribution in [0, 0.1) is 5.92 Å². The van der Waals surface area contributed by atoms with Gasteiger partial charge < -0.3 is 19.4 Å². The maximum atomic E-state index is 13.0. The Hall–Kier alpha value is -3.16. The molecule has 1 aromatic carbocycles. The molecule has 2 amide bonds. The first kappa shape index (κ1) is 21.1. The molecule has 8 heteroatoms. The first-order valence-corrected chi connectivity index (χ1v) is 10.8. The molecule has 2 aliphatic rings. The van der Waals surface area contributed by atoms with E-state index in [-0.39, 0.29) is 17.7 Å². The van der Waals surface area contributed by atoms with Gasteiger partial charge in [0.1, 0.15) is 5.75 Å². The maximum Gasteiger partial charge on any atom is 0.227 e. The molecule has 0 spiro atoms. The number of anilines is 1. The molecule has 0 bridgehead atoms. The van der Waals surface area contributed by atoms with Gasteiger partial charge in [0.2, 0.25) is 11.8 Å². The molecule has 2 saturated heterocycles. The van der Waals surface area contributed by atoms with Crippen LogP contribution in [0.25, 0.3) is 11.3 Å². The molecule has 0 N–H and O–H groups in total. The lowest BCUT2D eigenvalue weighted by molar-refractivity contribution is -0.141. The van der Waals surface area contributed by atoms with Gasteiger partial charge in [-0.05, 0) is 49.2 Å². The lowest BCUT2D eigenvalue weighted by Crippen LogP contribution is -2.53. The van der Waals surface area contributed by atoms with E-state index < -0.39 is 0 Å². The van der Waals surface area contributed by atoms with Gasteiger partial charge in [-0.1, -0.05) is 0 Å². The molecule has 2 aliphatic heterocycles. The van der Waals surface area contributed by atoms with Crippen LogP contribution in [-0.2, 0) is 9.59 Å². The van der Waals surface area contributed by atoms with Gasteiger partial charge in [0.25, 0.3) is 0 Å². The van der Waals surface area contributed by atoms with Crippen LogP contribution >= 0.6 is 0 Å². The first-order chi connectivity index (χ1) is 15.0. The monoisotopic (exact) mass is 423 g/mol. The third kappa shape index (κ3) is 4.78. The van der Waals surface area contributed by atoms with Crippen molar-refractivity contribution in [2.75, 3.05) is 51.3 Å². The lowest BCUT2D eigenvalue weighted by atomic mass is 9.96. The molecule has 1 atom stereocenters. The minimum Gasteiger partial charge on any atom is -0.497 e. The van der Waals surface area contributed by atoms with E-state index in [1.807, 2.05) is 41.3 Å².